The molecule has 1 saturated heterocycles. The largest absolute Gasteiger partial charge is 0.486 e. The molecule has 1 spiro atoms. The second kappa shape index (κ2) is 4.03. The summed E-state index contributed by atoms with van der Waals surface area (Å²) in [4.78, 5) is 3.51. The maximum absolute atomic E-state index is 6.43. The molecule has 0 N–H and O–H groups in total. The molecule has 2 bridgehead atoms. The van der Waals surface area contributed by atoms with Gasteiger partial charge in [0.1, 0.15) is 11.9 Å². The normalized spacial score (nSPS) is 42.6. The third-order valence-corrected chi connectivity index (χ3v) is 6.94. The molecule has 0 amide bonds. The van der Waals surface area contributed by atoms with Crippen molar-refractivity contribution < 1.29 is 4.74 Å². The molecule has 0 radical (unpaired) electrons. The summed E-state index contributed by atoms with van der Waals surface area (Å²) >= 11 is 9.46. The van der Waals surface area contributed by atoms with Gasteiger partial charge in [0.15, 0.2) is 0 Å². The van der Waals surface area contributed by atoms with Crippen LogP contribution in [0.4, 0.5) is 0 Å². The van der Waals surface area contributed by atoms with E-state index in [1.54, 1.807) is 0 Å². The van der Waals surface area contributed by atoms with Crippen LogP contribution in [0.15, 0.2) is 29.2 Å². The molecule has 0 aromatic heterocycles. The zero-order valence-corrected chi connectivity index (χ0v) is 13.8. The Morgan fingerprint density at radius 3 is 3.05 bits per heavy atom. The van der Waals surface area contributed by atoms with Gasteiger partial charge in [0, 0.05) is 27.8 Å². The molecule has 5 rings (SSSR count). The zero-order valence-electron chi connectivity index (χ0n) is 12.0. The summed E-state index contributed by atoms with van der Waals surface area (Å²) in [5.41, 5.74) is 3.05. The van der Waals surface area contributed by atoms with Gasteiger partial charge in [-0.2, -0.15) is 12.6 Å². The Kier molecular flexibility index (Phi) is 2.48. The van der Waals surface area contributed by atoms with Crippen molar-refractivity contribution in [1.29, 1.82) is 0 Å². The minimum atomic E-state index is 0.125. The van der Waals surface area contributed by atoms with Crippen LogP contribution in [-0.4, -0.2) is 35.9 Å². The molecular weight excluding hydrogens is 298 g/mol. The summed E-state index contributed by atoms with van der Waals surface area (Å²) in [6.07, 6.45) is 7.11. The predicted octanol–water partition coefficient (Wildman–Crippen LogP) is 2.72. The summed E-state index contributed by atoms with van der Waals surface area (Å²) in [5, 5.41) is 0.177. The number of benzene rings is 1. The standard InChI is InChI=1S/C17H19NOS2/c1-18-7-6-17-10-3-5-13(21)16(17)19-15-12(20)4-2-9(14(15)17)8-11(10)18/h2-5,10-11,13,16,20-21H,6-8H2,1H3/t10-,11+,13-,16-,17-/m0/s1. The Bertz CT molecular complexity index is 673. The molecule has 1 fully saturated rings. The van der Waals surface area contributed by atoms with Crippen molar-refractivity contribution in [3.8, 4) is 5.75 Å². The number of piperidine rings is 1. The number of likely N-dealkylation sites (N-methyl/N-ethyl adjacent to an activating group) is 1. The number of rotatable bonds is 0. The molecule has 2 nitrogen and oxygen atoms in total. The van der Waals surface area contributed by atoms with Gasteiger partial charge >= 0.3 is 0 Å². The van der Waals surface area contributed by atoms with Crippen LogP contribution in [0.5, 0.6) is 5.75 Å². The van der Waals surface area contributed by atoms with Crippen LogP contribution in [0.3, 0.4) is 0 Å². The quantitative estimate of drug-likeness (QED) is 0.564. The summed E-state index contributed by atoms with van der Waals surface area (Å²) in [5.74, 6) is 1.59. The highest BCUT2D eigenvalue weighted by atomic mass is 32.1. The zero-order chi connectivity index (χ0) is 14.4. The molecule has 110 valence electrons. The van der Waals surface area contributed by atoms with Gasteiger partial charge in [0.05, 0.1) is 5.25 Å². The molecule has 4 heteroatoms. The minimum Gasteiger partial charge on any atom is -0.486 e. The van der Waals surface area contributed by atoms with Gasteiger partial charge in [-0.05, 0) is 38.1 Å². The number of likely N-dealkylation sites (tertiary alicyclic amines) is 1. The van der Waals surface area contributed by atoms with Crippen molar-refractivity contribution in [2.24, 2.45) is 5.92 Å². The van der Waals surface area contributed by atoms with E-state index in [0.717, 1.165) is 30.0 Å². The van der Waals surface area contributed by atoms with Crippen LogP contribution in [0.2, 0.25) is 0 Å². The van der Waals surface area contributed by atoms with E-state index in [-0.39, 0.29) is 16.8 Å². The molecule has 1 aromatic carbocycles. The highest BCUT2D eigenvalue weighted by Crippen LogP contribution is 2.62. The Balaban J connectivity index is 1.84. The molecule has 2 heterocycles. The first kappa shape index (κ1) is 12.9. The smallest absolute Gasteiger partial charge is 0.137 e. The van der Waals surface area contributed by atoms with Gasteiger partial charge in [0.2, 0.25) is 0 Å². The number of thiol groups is 2. The van der Waals surface area contributed by atoms with Crippen LogP contribution in [0, 0.1) is 5.92 Å². The number of nitrogens with zero attached hydrogens (tertiary/aromatic N) is 1. The predicted molar refractivity (Wildman–Crippen MR) is 89.9 cm³/mol. The van der Waals surface area contributed by atoms with Crippen LogP contribution >= 0.6 is 25.3 Å². The van der Waals surface area contributed by atoms with Gasteiger partial charge in [0.25, 0.3) is 0 Å². The second-order valence-electron chi connectivity index (χ2n) is 6.93. The summed E-state index contributed by atoms with van der Waals surface area (Å²) in [6.45, 7) is 1.14. The minimum absolute atomic E-state index is 0.125. The van der Waals surface area contributed by atoms with E-state index in [0.29, 0.717) is 12.0 Å². The van der Waals surface area contributed by atoms with Gasteiger partial charge in [-0.25, -0.2) is 0 Å². The van der Waals surface area contributed by atoms with E-state index in [1.807, 2.05) is 0 Å². The lowest BCUT2D eigenvalue weighted by Crippen LogP contribution is -2.64. The van der Waals surface area contributed by atoms with Gasteiger partial charge in [-0.3, -0.25) is 0 Å². The van der Waals surface area contributed by atoms with Crippen molar-refractivity contribution in [2.75, 3.05) is 13.6 Å². The summed E-state index contributed by atoms with van der Waals surface area (Å²) in [6, 6.07) is 4.96. The lowest BCUT2D eigenvalue weighted by atomic mass is 9.53. The number of ether oxygens (including phenoxy) is 1. The van der Waals surface area contributed by atoms with Crippen molar-refractivity contribution in [3.05, 3.63) is 35.4 Å². The van der Waals surface area contributed by atoms with E-state index in [4.69, 9.17) is 17.4 Å². The Hall–Kier alpha value is -0.580. The SMILES string of the molecule is CN1CC[C@]23c4c5ccc(S)c4O[C@H]2[C@@H](S)C=C[C@H]3[C@H]1C5. The van der Waals surface area contributed by atoms with E-state index in [9.17, 15) is 0 Å². The summed E-state index contributed by atoms with van der Waals surface area (Å²) in [7, 11) is 2.27. The van der Waals surface area contributed by atoms with Crippen LogP contribution in [-0.2, 0) is 11.8 Å². The Labute approximate surface area is 136 Å². The van der Waals surface area contributed by atoms with Crippen molar-refractivity contribution in [3.63, 3.8) is 0 Å². The second-order valence-corrected chi connectivity index (χ2v) is 8.01. The average molecular weight is 317 g/mol. The fourth-order valence-electron chi connectivity index (χ4n) is 5.24. The average Bonchev–Trinajstić information content (AvgIpc) is 2.83. The molecule has 4 aliphatic rings. The van der Waals surface area contributed by atoms with Gasteiger partial charge < -0.3 is 9.64 Å². The third kappa shape index (κ3) is 1.38. The molecule has 21 heavy (non-hydrogen) atoms. The monoisotopic (exact) mass is 317 g/mol. The van der Waals surface area contributed by atoms with Crippen molar-refractivity contribution in [1.82, 2.24) is 4.90 Å². The summed E-state index contributed by atoms with van der Waals surface area (Å²) < 4.78 is 6.43. The van der Waals surface area contributed by atoms with E-state index in [1.165, 1.54) is 11.1 Å². The first-order chi connectivity index (χ1) is 10.1. The van der Waals surface area contributed by atoms with Gasteiger partial charge in [-0.15, -0.1) is 12.6 Å². The van der Waals surface area contributed by atoms with E-state index < -0.39 is 0 Å². The van der Waals surface area contributed by atoms with Crippen LogP contribution in [0.25, 0.3) is 0 Å². The Morgan fingerprint density at radius 2 is 2.19 bits per heavy atom. The fraction of sp³-hybridized carbons (Fsp3) is 0.529. The fourth-order valence-corrected chi connectivity index (χ4v) is 5.90. The molecule has 0 unspecified atom stereocenters. The maximum atomic E-state index is 6.43. The van der Waals surface area contributed by atoms with Crippen molar-refractivity contribution in [2.45, 2.75) is 40.5 Å². The first-order valence-electron chi connectivity index (χ1n) is 7.71. The highest BCUT2D eigenvalue weighted by Gasteiger charge is 2.63. The Morgan fingerprint density at radius 1 is 1.33 bits per heavy atom. The lowest BCUT2D eigenvalue weighted by Gasteiger charge is -2.56. The van der Waals surface area contributed by atoms with E-state index in [2.05, 4.69) is 48.9 Å². The molecule has 2 aliphatic heterocycles. The molecule has 1 aromatic rings. The number of hydrogen-bond donors (Lipinski definition) is 2. The van der Waals surface area contributed by atoms with Crippen molar-refractivity contribution >= 4 is 25.3 Å². The molecule has 5 atom stereocenters. The van der Waals surface area contributed by atoms with E-state index >= 15 is 0 Å². The van der Waals surface area contributed by atoms with Gasteiger partial charge in [-0.1, -0.05) is 18.2 Å². The maximum Gasteiger partial charge on any atom is 0.137 e. The molecular formula is C17H19NOS2. The third-order valence-electron chi connectivity index (χ3n) is 6.15. The number of hydrogen-bond acceptors (Lipinski definition) is 4. The lowest BCUT2D eigenvalue weighted by molar-refractivity contribution is 0.00430. The van der Waals surface area contributed by atoms with Crippen LogP contribution in [0.1, 0.15) is 17.5 Å². The highest BCUT2D eigenvalue weighted by molar-refractivity contribution is 7.81. The van der Waals surface area contributed by atoms with Crippen LogP contribution < -0.4 is 4.74 Å². The molecule has 2 aliphatic carbocycles. The topological polar surface area (TPSA) is 12.5 Å². The first-order valence-corrected chi connectivity index (χ1v) is 8.68. The molecule has 0 saturated carbocycles.